The van der Waals surface area contributed by atoms with E-state index in [4.69, 9.17) is 9.47 Å². The van der Waals surface area contributed by atoms with Crippen LogP contribution >= 0.6 is 0 Å². The fraction of sp³-hybridized carbons (Fsp3) is 0.455. The van der Waals surface area contributed by atoms with E-state index >= 15 is 0 Å². The number of benzene rings is 1. The lowest BCUT2D eigenvalue weighted by atomic mass is 10.0. The summed E-state index contributed by atoms with van der Waals surface area (Å²) >= 11 is 0. The Hall–Kier alpha value is -2.44. The SMILES string of the molecule is Cc1cc(C)c(NC(=O)c2ccc(N3CCC4(CC3)OCCO4)nc2)c(C)c1. The molecule has 6 nitrogen and oxygen atoms in total. The van der Waals surface area contributed by atoms with Crippen molar-refractivity contribution in [3.05, 3.63) is 52.7 Å². The Morgan fingerprint density at radius 1 is 1.07 bits per heavy atom. The van der Waals surface area contributed by atoms with E-state index in [0.29, 0.717) is 18.8 Å². The maximum absolute atomic E-state index is 12.7. The fourth-order valence-corrected chi connectivity index (χ4v) is 4.13. The first-order valence-electron chi connectivity index (χ1n) is 9.84. The predicted molar refractivity (Wildman–Crippen MR) is 109 cm³/mol. The number of ether oxygens (including phenoxy) is 2. The fourth-order valence-electron chi connectivity index (χ4n) is 4.13. The molecule has 3 heterocycles. The number of nitrogens with one attached hydrogen (secondary N) is 1. The van der Waals surface area contributed by atoms with Gasteiger partial charge in [0, 0.05) is 37.8 Å². The van der Waals surface area contributed by atoms with Gasteiger partial charge in [-0.25, -0.2) is 4.98 Å². The minimum atomic E-state index is -0.389. The quantitative estimate of drug-likeness (QED) is 0.880. The predicted octanol–water partition coefficient (Wildman–Crippen LogP) is 3.60. The zero-order valence-corrected chi connectivity index (χ0v) is 16.7. The first kappa shape index (κ1) is 18.9. The summed E-state index contributed by atoms with van der Waals surface area (Å²) in [4.78, 5) is 19.4. The molecule has 0 unspecified atom stereocenters. The molecule has 2 aliphatic rings. The molecule has 4 rings (SSSR count). The number of aromatic nitrogens is 1. The van der Waals surface area contributed by atoms with Gasteiger partial charge in [0.1, 0.15) is 5.82 Å². The second-order valence-electron chi connectivity index (χ2n) is 7.73. The van der Waals surface area contributed by atoms with E-state index in [2.05, 4.69) is 34.3 Å². The number of nitrogens with zero attached hydrogens (tertiary/aromatic N) is 2. The van der Waals surface area contributed by atoms with Gasteiger partial charge in [0.15, 0.2) is 5.79 Å². The second-order valence-corrected chi connectivity index (χ2v) is 7.73. The van der Waals surface area contributed by atoms with Crippen molar-refractivity contribution >= 4 is 17.4 Å². The monoisotopic (exact) mass is 381 g/mol. The maximum atomic E-state index is 12.7. The normalized spacial score (nSPS) is 18.5. The van der Waals surface area contributed by atoms with Crippen LogP contribution in [0, 0.1) is 20.8 Å². The highest BCUT2D eigenvalue weighted by atomic mass is 16.7. The van der Waals surface area contributed by atoms with Crippen LogP contribution in [0.15, 0.2) is 30.5 Å². The van der Waals surface area contributed by atoms with Crippen LogP contribution in [0.25, 0.3) is 0 Å². The largest absolute Gasteiger partial charge is 0.356 e. The van der Waals surface area contributed by atoms with E-state index in [1.54, 1.807) is 6.20 Å². The van der Waals surface area contributed by atoms with E-state index in [0.717, 1.165) is 48.6 Å². The molecule has 1 aromatic heterocycles. The summed E-state index contributed by atoms with van der Waals surface area (Å²) < 4.78 is 11.6. The minimum Gasteiger partial charge on any atom is -0.356 e. The van der Waals surface area contributed by atoms with Gasteiger partial charge in [0.2, 0.25) is 0 Å². The van der Waals surface area contributed by atoms with Crippen molar-refractivity contribution in [1.82, 2.24) is 4.98 Å². The molecule has 1 N–H and O–H groups in total. The van der Waals surface area contributed by atoms with Crippen molar-refractivity contribution < 1.29 is 14.3 Å². The van der Waals surface area contributed by atoms with Gasteiger partial charge in [-0.3, -0.25) is 4.79 Å². The Bertz CT molecular complexity index is 840. The molecule has 0 bridgehead atoms. The molecule has 28 heavy (non-hydrogen) atoms. The second kappa shape index (κ2) is 7.53. The number of carbonyl (C=O) groups is 1. The summed E-state index contributed by atoms with van der Waals surface area (Å²) in [7, 11) is 0. The molecule has 2 aromatic rings. The summed E-state index contributed by atoms with van der Waals surface area (Å²) in [6, 6.07) is 7.90. The summed E-state index contributed by atoms with van der Waals surface area (Å²) in [5.41, 5.74) is 4.75. The van der Waals surface area contributed by atoms with Crippen LogP contribution in [0.4, 0.5) is 11.5 Å². The van der Waals surface area contributed by atoms with Gasteiger partial charge in [0.25, 0.3) is 5.91 Å². The number of anilines is 2. The number of hydrogen-bond acceptors (Lipinski definition) is 5. The Kier molecular flexibility index (Phi) is 5.08. The summed E-state index contributed by atoms with van der Waals surface area (Å²) in [6.45, 7) is 9.11. The van der Waals surface area contributed by atoms with E-state index in [1.165, 1.54) is 5.56 Å². The van der Waals surface area contributed by atoms with Gasteiger partial charge >= 0.3 is 0 Å². The zero-order chi connectivity index (χ0) is 19.7. The summed E-state index contributed by atoms with van der Waals surface area (Å²) in [5.74, 6) is 0.353. The lowest BCUT2D eigenvalue weighted by Gasteiger charge is -2.38. The van der Waals surface area contributed by atoms with Crippen molar-refractivity contribution in [2.45, 2.75) is 39.4 Å². The molecule has 6 heteroatoms. The van der Waals surface area contributed by atoms with Crippen LogP contribution in [-0.4, -0.2) is 43.0 Å². The van der Waals surface area contributed by atoms with Gasteiger partial charge in [-0.15, -0.1) is 0 Å². The number of carbonyl (C=O) groups excluding carboxylic acids is 1. The standard InChI is InChI=1S/C22H27N3O3/c1-15-12-16(2)20(17(3)13-15)24-21(26)18-4-5-19(23-14-18)25-8-6-22(7-9-25)27-10-11-28-22/h4-5,12-14H,6-11H2,1-3H3,(H,24,26). The van der Waals surface area contributed by atoms with Crippen molar-refractivity contribution in [1.29, 1.82) is 0 Å². The molecule has 0 saturated carbocycles. The van der Waals surface area contributed by atoms with Crippen LogP contribution in [0.2, 0.25) is 0 Å². The lowest BCUT2D eigenvalue weighted by Crippen LogP contribution is -2.45. The van der Waals surface area contributed by atoms with E-state index in [1.807, 2.05) is 26.0 Å². The Morgan fingerprint density at radius 3 is 2.29 bits per heavy atom. The van der Waals surface area contributed by atoms with Crippen LogP contribution in [-0.2, 0) is 9.47 Å². The van der Waals surface area contributed by atoms with E-state index < -0.39 is 0 Å². The topological polar surface area (TPSA) is 63.7 Å². The first-order chi connectivity index (χ1) is 13.5. The van der Waals surface area contributed by atoms with Crippen LogP contribution < -0.4 is 10.2 Å². The van der Waals surface area contributed by atoms with Crippen LogP contribution in [0.1, 0.15) is 39.9 Å². The van der Waals surface area contributed by atoms with Gasteiger partial charge < -0.3 is 19.7 Å². The molecule has 1 amide bonds. The Balaban J connectivity index is 1.41. The maximum Gasteiger partial charge on any atom is 0.257 e. The molecule has 1 spiro atoms. The highest BCUT2D eigenvalue weighted by Gasteiger charge is 2.40. The number of rotatable bonds is 3. The molecule has 0 radical (unpaired) electrons. The van der Waals surface area contributed by atoms with Crippen LogP contribution in [0.5, 0.6) is 0 Å². The smallest absolute Gasteiger partial charge is 0.257 e. The van der Waals surface area contributed by atoms with Gasteiger partial charge in [-0.1, -0.05) is 17.7 Å². The molecule has 0 aliphatic carbocycles. The number of pyridine rings is 1. The van der Waals surface area contributed by atoms with Crippen molar-refractivity contribution in [2.24, 2.45) is 0 Å². The third-order valence-electron chi connectivity index (χ3n) is 5.59. The summed E-state index contributed by atoms with van der Waals surface area (Å²) in [6.07, 6.45) is 3.32. The van der Waals surface area contributed by atoms with Crippen molar-refractivity contribution in [3.8, 4) is 0 Å². The highest BCUT2D eigenvalue weighted by molar-refractivity contribution is 6.05. The number of amides is 1. The molecule has 2 saturated heterocycles. The molecular weight excluding hydrogens is 354 g/mol. The molecule has 2 fully saturated rings. The highest BCUT2D eigenvalue weighted by Crippen LogP contribution is 2.32. The molecule has 2 aliphatic heterocycles. The molecule has 148 valence electrons. The van der Waals surface area contributed by atoms with Crippen LogP contribution in [0.3, 0.4) is 0 Å². The van der Waals surface area contributed by atoms with E-state index in [-0.39, 0.29) is 11.7 Å². The van der Waals surface area contributed by atoms with Crippen molar-refractivity contribution in [3.63, 3.8) is 0 Å². The lowest BCUT2D eigenvalue weighted by molar-refractivity contribution is -0.169. The Morgan fingerprint density at radius 2 is 1.71 bits per heavy atom. The number of aryl methyl sites for hydroxylation is 3. The zero-order valence-electron chi connectivity index (χ0n) is 16.7. The summed E-state index contributed by atoms with van der Waals surface area (Å²) in [5, 5.41) is 3.03. The number of piperidine rings is 1. The minimum absolute atomic E-state index is 0.139. The van der Waals surface area contributed by atoms with Gasteiger partial charge in [-0.2, -0.15) is 0 Å². The molecular formula is C22H27N3O3. The molecule has 0 atom stereocenters. The van der Waals surface area contributed by atoms with Gasteiger partial charge in [-0.05, 0) is 44.0 Å². The van der Waals surface area contributed by atoms with Gasteiger partial charge in [0.05, 0.1) is 18.8 Å². The van der Waals surface area contributed by atoms with E-state index in [9.17, 15) is 4.79 Å². The first-order valence-corrected chi connectivity index (χ1v) is 9.84. The van der Waals surface area contributed by atoms with Crippen molar-refractivity contribution in [2.75, 3.05) is 36.5 Å². The number of hydrogen-bond donors (Lipinski definition) is 1. The average Bonchev–Trinajstić information content (AvgIpc) is 3.13. The average molecular weight is 381 g/mol. The Labute approximate surface area is 165 Å². The molecule has 1 aromatic carbocycles. The third-order valence-corrected chi connectivity index (χ3v) is 5.59. The third kappa shape index (κ3) is 3.75.